The van der Waals surface area contributed by atoms with Crippen LogP contribution in [-0.2, 0) is 12.7 Å². The van der Waals surface area contributed by atoms with Crippen LogP contribution in [0.25, 0.3) is 0 Å². The fraction of sp³-hybridized carbons (Fsp3) is 0.615. The van der Waals surface area contributed by atoms with Crippen molar-refractivity contribution in [3.05, 3.63) is 34.2 Å². The largest absolute Gasteiger partial charge is 0.431 e. The lowest BCUT2D eigenvalue weighted by atomic mass is 9.99. The third-order valence-electron chi connectivity index (χ3n) is 3.74. The average molecular weight is 274 g/mol. The second kappa shape index (κ2) is 5.36. The maximum absolute atomic E-state index is 12.9. The molecule has 1 aliphatic carbocycles. The van der Waals surface area contributed by atoms with Crippen LogP contribution in [0.3, 0.4) is 0 Å². The highest BCUT2D eigenvalue weighted by Gasteiger charge is 2.35. The van der Waals surface area contributed by atoms with Crippen LogP contribution in [0.15, 0.2) is 23.0 Å². The summed E-state index contributed by atoms with van der Waals surface area (Å²) in [7, 11) is 0. The summed E-state index contributed by atoms with van der Waals surface area (Å²) in [5.41, 5.74) is 4.39. The molecule has 0 amide bonds. The Morgan fingerprint density at radius 3 is 2.53 bits per heavy atom. The van der Waals surface area contributed by atoms with Gasteiger partial charge in [0, 0.05) is 18.7 Å². The Morgan fingerprint density at radius 1 is 1.32 bits per heavy atom. The summed E-state index contributed by atoms with van der Waals surface area (Å²) >= 11 is 0. The fourth-order valence-corrected chi connectivity index (χ4v) is 2.70. The highest BCUT2D eigenvalue weighted by Crippen LogP contribution is 2.30. The highest BCUT2D eigenvalue weighted by atomic mass is 19.4. The molecule has 1 heterocycles. The average Bonchev–Trinajstić information content (AvgIpc) is 2.83. The van der Waals surface area contributed by atoms with Gasteiger partial charge in [0.05, 0.1) is 0 Å². The first-order valence-corrected chi connectivity index (χ1v) is 6.42. The van der Waals surface area contributed by atoms with Crippen molar-refractivity contribution in [1.82, 2.24) is 4.57 Å². The molecule has 0 bridgehead atoms. The Balaban J connectivity index is 2.26. The third-order valence-corrected chi connectivity index (χ3v) is 3.74. The quantitative estimate of drug-likeness (QED) is 0.920. The van der Waals surface area contributed by atoms with E-state index in [1.54, 1.807) is 0 Å². The second-order valence-electron chi connectivity index (χ2n) is 5.07. The van der Waals surface area contributed by atoms with Gasteiger partial charge in [-0.2, -0.15) is 13.2 Å². The number of halogens is 3. The Labute approximate surface area is 109 Å². The van der Waals surface area contributed by atoms with Crippen LogP contribution in [-0.4, -0.2) is 10.6 Å². The molecular formula is C13H17F3N2O. The van der Waals surface area contributed by atoms with Crippen molar-refractivity contribution in [2.45, 2.75) is 44.4 Å². The molecule has 6 heteroatoms. The van der Waals surface area contributed by atoms with Gasteiger partial charge in [-0.3, -0.25) is 4.79 Å². The van der Waals surface area contributed by atoms with Gasteiger partial charge in [0.25, 0.3) is 5.56 Å². The van der Waals surface area contributed by atoms with Crippen LogP contribution in [0.5, 0.6) is 0 Å². The maximum Gasteiger partial charge on any atom is 0.431 e. The Hall–Kier alpha value is -1.30. The minimum atomic E-state index is -4.53. The third kappa shape index (κ3) is 3.18. The van der Waals surface area contributed by atoms with E-state index < -0.39 is 23.5 Å². The molecule has 1 atom stereocenters. The summed E-state index contributed by atoms with van der Waals surface area (Å²) < 4.78 is 39.3. The molecule has 106 valence electrons. The maximum atomic E-state index is 12.9. The van der Waals surface area contributed by atoms with Crippen LogP contribution < -0.4 is 11.3 Å². The number of aromatic nitrogens is 1. The van der Waals surface area contributed by atoms with E-state index in [2.05, 4.69) is 0 Å². The van der Waals surface area contributed by atoms with Gasteiger partial charge < -0.3 is 10.3 Å². The Kier molecular flexibility index (Phi) is 3.99. The topological polar surface area (TPSA) is 48.0 Å². The van der Waals surface area contributed by atoms with Crippen molar-refractivity contribution >= 4 is 0 Å². The van der Waals surface area contributed by atoms with Gasteiger partial charge >= 0.3 is 6.18 Å². The van der Waals surface area contributed by atoms with E-state index in [0.29, 0.717) is 0 Å². The summed E-state index contributed by atoms with van der Waals surface area (Å²) in [5.74, 6) is 0.216. The van der Waals surface area contributed by atoms with E-state index in [9.17, 15) is 18.0 Å². The lowest BCUT2D eigenvalue weighted by Crippen LogP contribution is -2.39. The second-order valence-corrected chi connectivity index (χ2v) is 5.07. The molecule has 0 saturated heterocycles. The van der Waals surface area contributed by atoms with Crippen LogP contribution in [0.1, 0.15) is 31.4 Å². The predicted octanol–water partition coefficient (Wildman–Crippen LogP) is 2.38. The Bertz CT molecular complexity index is 489. The molecule has 3 nitrogen and oxygen atoms in total. The molecular weight excluding hydrogens is 257 g/mol. The van der Waals surface area contributed by atoms with Crippen molar-refractivity contribution in [1.29, 1.82) is 0 Å². The van der Waals surface area contributed by atoms with Gasteiger partial charge in [-0.25, -0.2) is 0 Å². The molecule has 19 heavy (non-hydrogen) atoms. The summed E-state index contributed by atoms with van der Waals surface area (Å²) in [5, 5.41) is 0. The fourth-order valence-electron chi connectivity index (χ4n) is 2.70. The molecule has 0 aromatic carbocycles. The van der Waals surface area contributed by atoms with Gasteiger partial charge in [0.2, 0.25) is 0 Å². The lowest BCUT2D eigenvalue weighted by molar-refractivity contribution is -0.144. The molecule has 1 aromatic heterocycles. The van der Waals surface area contributed by atoms with E-state index in [1.807, 2.05) is 0 Å². The van der Waals surface area contributed by atoms with E-state index >= 15 is 0 Å². The standard InChI is InChI=1S/C13H17F3N2O/c14-13(15,16)11-6-3-7-12(19)18(11)8-10(17)9-4-1-2-5-9/h3,6-7,9-10H,1-2,4-5,8,17H2. The van der Waals surface area contributed by atoms with Crippen LogP contribution in [0, 0.1) is 5.92 Å². The zero-order valence-corrected chi connectivity index (χ0v) is 10.5. The Morgan fingerprint density at radius 2 is 1.95 bits per heavy atom. The molecule has 1 saturated carbocycles. The van der Waals surface area contributed by atoms with Gasteiger partial charge in [0.15, 0.2) is 0 Å². The molecule has 2 N–H and O–H groups in total. The monoisotopic (exact) mass is 274 g/mol. The van der Waals surface area contributed by atoms with Crippen molar-refractivity contribution in [3.63, 3.8) is 0 Å². The highest BCUT2D eigenvalue weighted by molar-refractivity contribution is 5.10. The van der Waals surface area contributed by atoms with Crippen LogP contribution >= 0.6 is 0 Å². The number of alkyl halides is 3. The zero-order chi connectivity index (χ0) is 14.0. The minimum absolute atomic E-state index is 0.0703. The van der Waals surface area contributed by atoms with E-state index in [4.69, 9.17) is 5.73 Å². The molecule has 1 aromatic rings. The minimum Gasteiger partial charge on any atom is -0.326 e. The van der Waals surface area contributed by atoms with Gasteiger partial charge in [0.1, 0.15) is 5.69 Å². The number of rotatable bonds is 3. The molecule has 0 radical (unpaired) electrons. The molecule has 0 aliphatic heterocycles. The first-order valence-electron chi connectivity index (χ1n) is 6.42. The number of nitrogens with two attached hydrogens (primary N) is 1. The molecule has 1 aliphatic rings. The summed E-state index contributed by atoms with van der Waals surface area (Å²) in [6.07, 6.45) is -0.535. The van der Waals surface area contributed by atoms with E-state index in [-0.39, 0.29) is 12.5 Å². The lowest BCUT2D eigenvalue weighted by Gasteiger charge is -2.22. The number of hydrogen-bond donors (Lipinski definition) is 1. The number of nitrogens with zero attached hydrogens (tertiary/aromatic N) is 1. The van der Waals surface area contributed by atoms with Crippen molar-refractivity contribution in [2.24, 2.45) is 11.7 Å². The first-order chi connectivity index (χ1) is 8.89. The molecule has 1 unspecified atom stereocenters. The predicted molar refractivity (Wildman–Crippen MR) is 65.6 cm³/mol. The van der Waals surface area contributed by atoms with E-state index in [0.717, 1.165) is 48.4 Å². The van der Waals surface area contributed by atoms with Crippen molar-refractivity contribution in [2.75, 3.05) is 0 Å². The molecule has 0 spiro atoms. The van der Waals surface area contributed by atoms with Gasteiger partial charge in [-0.15, -0.1) is 0 Å². The van der Waals surface area contributed by atoms with Gasteiger partial charge in [-0.05, 0) is 24.8 Å². The van der Waals surface area contributed by atoms with Gasteiger partial charge in [-0.1, -0.05) is 18.9 Å². The van der Waals surface area contributed by atoms with Crippen LogP contribution in [0.2, 0.25) is 0 Å². The summed E-state index contributed by atoms with van der Waals surface area (Å²) in [6, 6.07) is 2.78. The smallest absolute Gasteiger partial charge is 0.326 e. The van der Waals surface area contributed by atoms with Crippen molar-refractivity contribution in [3.8, 4) is 0 Å². The van der Waals surface area contributed by atoms with Crippen molar-refractivity contribution < 1.29 is 13.2 Å². The molecule has 2 rings (SSSR count). The zero-order valence-electron chi connectivity index (χ0n) is 10.5. The number of pyridine rings is 1. The van der Waals surface area contributed by atoms with Crippen LogP contribution in [0.4, 0.5) is 13.2 Å². The SMILES string of the molecule is NC(Cn1c(C(F)(F)F)cccc1=O)C1CCCC1. The molecule has 1 fully saturated rings. The first kappa shape index (κ1) is 14.1. The summed E-state index contributed by atoms with van der Waals surface area (Å²) in [6.45, 7) is -0.0703. The summed E-state index contributed by atoms with van der Waals surface area (Å²) in [4.78, 5) is 11.6. The number of hydrogen-bond acceptors (Lipinski definition) is 2. The normalized spacial score (nSPS) is 18.7. The van der Waals surface area contributed by atoms with E-state index in [1.165, 1.54) is 0 Å².